The van der Waals surface area contributed by atoms with Crippen LogP contribution in [-0.2, 0) is 19.5 Å². The zero-order valence-corrected chi connectivity index (χ0v) is 14.0. The van der Waals surface area contributed by atoms with Crippen molar-refractivity contribution < 1.29 is 4.57 Å². The van der Waals surface area contributed by atoms with Crippen LogP contribution in [0.15, 0.2) is 43.2 Å². The van der Waals surface area contributed by atoms with Crippen molar-refractivity contribution in [2.75, 3.05) is 0 Å². The first-order valence-corrected chi connectivity index (χ1v) is 8.82. The molecule has 0 aliphatic heterocycles. The molecule has 120 valence electrons. The second-order valence-corrected chi connectivity index (χ2v) is 6.12. The molecule has 0 aromatic carbocycles. The number of rotatable bonds is 11. The van der Waals surface area contributed by atoms with Crippen LogP contribution in [0.2, 0.25) is 0 Å². The van der Waals surface area contributed by atoms with Crippen LogP contribution in [-0.4, -0.2) is 9.55 Å². The third kappa shape index (κ3) is 6.42. The zero-order valence-electron chi connectivity index (χ0n) is 14.0. The molecule has 0 atom stereocenters. The molecule has 0 radical (unpaired) electrons. The van der Waals surface area contributed by atoms with E-state index in [9.17, 15) is 0 Å². The van der Waals surface area contributed by atoms with E-state index in [-0.39, 0.29) is 0 Å². The molecule has 2 heterocycles. The van der Waals surface area contributed by atoms with Crippen molar-refractivity contribution in [3.8, 4) is 0 Å². The van der Waals surface area contributed by atoms with Gasteiger partial charge in [0.2, 0.25) is 6.33 Å². The highest BCUT2D eigenvalue weighted by atomic mass is 15.1. The average molecular weight is 300 g/mol. The summed E-state index contributed by atoms with van der Waals surface area (Å²) in [5, 5.41) is 0. The minimum atomic E-state index is 1.15. The Balaban J connectivity index is 1.49. The summed E-state index contributed by atoms with van der Waals surface area (Å²) < 4.78 is 4.63. The van der Waals surface area contributed by atoms with Gasteiger partial charge in [0.05, 0.1) is 13.1 Å². The first-order chi connectivity index (χ1) is 10.9. The maximum absolute atomic E-state index is 4.06. The van der Waals surface area contributed by atoms with Crippen LogP contribution in [0.25, 0.3) is 0 Å². The summed E-state index contributed by atoms with van der Waals surface area (Å²) >= 11 is 0. The highest BCUT2D eigenvalue weighted by Crippen LogP contribution is 2.08. The van der Waals surface area contributed by atoms with Crippen molar-refractivity contribution in [2.45, 2.75) is 71.4 Å². The van der Waals surface area contributed by atoms with Gasteiger partial charge in [-0.05, 0) is 49.8 Å². The Kier molecular flexibility index (Phi) is 7.71. The Morgan fingerprint density at radius 1 is 1.00 bits per heavy atom. The molecule has 0 saturated heterocycles. The van der Waals surface area contributed by atoms with Crippen LogP contribution < -0.4 is 4.57 Å². The molecule has 0 fully saturated rings. The van der Waals surface area contributed by atoms with E-state index in [1.807, 2.05) is 12.4 Å². The number of hydrogen-bond acceptors (Lipinski definition) is 1. The Morgan fingerprint density at radius 3 is 2.59 bits per heavy atom. The van der Waals surface area contributed by atoms with Gasteiger partial charge < -0.3 is 0 Å². The van der Waals surface area contributed by atoms with Crippen LogP contribution in [0, 0.1) is 0 Å². The molecule has 0 spiro atoms. The second kappa shape index (κ2) is 10.1. The summed E-state index contributed by atoms with van der Waals surface area (Å²) in [4.78, 5) is 4.06. The predicted molar refractivity (Wildman–Crippen MR) is 90.6 cm³/mol. The van der Waals surface area contributed by atoms with Crippen LogP contribution in [0.4, 0.5) is 0 Å². The minimum absolute atomic E-state index is 1.15. The van der Waals surface area contributed by atoms with Gasteiger partial charge in [-0.25, -0.2) is 9.13 Å². The summed E-state index contributed by atoms with van der Waals surface area (Å²) in [6, 6.07) is 4.25. The quantitative estimate of drug-likeness (QED) is 0.451. The molecular weight excluding hydrogens is 270 g/mol. The van der Waals surface area contributed by atoms with Crippen LogP contribution in [0.3, 0.4) is 0 Å². The van der Waals surface area contributed by atoms with Gasteiger partial charge in [-0.2, -0.15) is 0 Å². The maximum atomic E-state index is 4.06. The number of pyridine rings is 1. The molecule has 3 heteroatoms. The van der Waals surface area contributed by atoms with Crippen LogP contribution in [0.5, 0.6) is 0 Å². The van der Waals surface area contributed by atoms with Crippen molar-refractivity contribution in [1.29, 1.82) is 0 Å². The smallest absolute Gasteiger partial charge is 0.243 e. The Hall–Kier alpha value is -1.64. The fraction of sp³-hybridized carbons (Fsp3) is 0.579. The van der Waals surface area contributed by atoms with Gasteiger partial charge >= 0.3 is 0 Å². The summed E-state index contributed by atoms with van der Waals surface area (Å²) in [6.45, 7) is 4.55. The van der Waals surface area contributed by atoms with Crippen molar-refractivity contribution in [3.63, 3.8) is 0 Å². The molecule has 0 N–H and O–H groups in total. The lowest BCUT2D eigenvalue weighted by molar-refractivity contribution is -0.696. The van der Waals surface area contributed by atoms with Gasteiger partial charge in [-0.3, -0.25) is 4.98 Å². The molecule has 2 aromatic rings. The number of aryl methyl sites for hydroxylation is 3. The van der Waals surface area contributed by atoms with Crippen LogP contribution in [0.1, 0.15) is 57.4 Å². The fourth-order valence-electron chi connectivity index (χ4n) is 2.75. The van der Waals surface area contributed by atoms with E-state index in [1.165, 1.54) is 56.9 Å². The number of hydrogen-bond donors (Lipinski definition) is 0. The Morgan fingerprint density at radius 2 is 1.77 bits per heavy atom. The molecular formula is C19H30N3+. The maximum Gasteiger partial charge on any atom is 0.243 e. The van der Waals surface area contributed by atoms with Crippen molar-refractivity contribution in [2.24, 2.45) is 0 Å². The van der Waals surface area contributed by atoms with Crippen molar-refractivity contribution >= 4 is 0 Å². The van der Waals surface area contributed by atoms with Gasteiger partial charge in [0.25, 0.3) is 0 Å². The lowest BCUT2D eigenvalue weighted by atomic mass is 10.1. The van der Waals surface area contributed by atoms with Gasteiger partial charge in [0.15, 0.2) is 0 Å². The molecule has 0 unspecified atom stereocenters. The summed E-state index contributed by atoms with van der Waals surface area (Å²) in [7, 11) is 0. The molecule has 3 nitrogen and oxygen atoms in total. The van der Waals surface area contributed by atoms with Gasteiger partial charge in [0.1, 0.15) is 12.4 Å². The molecule has 0 bridgehead atoms. The van der Waals surface area contributed by atoms with Gasteiger partial charge in [-0.15, -0.1) is 0 Å². The summed E-state index contributed by atoms with van der Waals surface area (Å²) in [5.74, 6) is 0. The Bertz CT molecular complexity index is 504. The normalized spacial score (nSPS) is 11.0. The molecule has 0 aliphatic carbocycles. The average Bonchev–Trinajstić information content (AvgIpc) is 3.01. The molecule has 2 rings (SSSR count). The molecule has 0 aliphatic rings. The van der Waals surface area contributed by atoms with Crippen molar-refractivity contribution in [1.82, 2.24) is 9.55 Å². The van der Waals surface area contributed by atoms with E-state index in [0.717, 1.165) is 13.1 Å². The first kappa shape index (κ1) is 16.7. The fourth-order valence-corrected chi connectivity index (χ4v) is 2.75. The minimum Gasteiger partial charge on any atom is -0.265 e. The van der Waals surface area contributed by atoms with Crippen LogP contribution >= 0.6 is 0 Å². The van der Waals surface area contributed by atoms with E-state index < -0.39 is 0 Å². The van der Waals surface area contributed by atoms with E-state index in [1.54, 1.807) is 0 Å². The number of imidazole rings is 1. The highest BCUT2D eigenvalue weighted by Gasteiger charge is 2.02. The van der Waals surface area contributed by atoms with E-state index in [0.29, 0.717) is 0 Å². The lowest BCUT2D eigenvalue weighted by Crippen LogP contribution is -2.30. The van der Waals surface area contributed by atoms with Gasteiger partial charge in [-0.1, -0.05) is 26.2 Å². The van der Waals surface area contributed by atoms with Gasteiger partial charge in [0, 0.05) is 12.4 Å². The topological polar surface area (TPSA) is 21.7 Å². The monoisotopic (exact) mass is 300 g/mol. The summed E-state index contributed by atoms with van der Waals surface area (Å²) in [6.07, 6.45) is 20.8. The lowest BCUT2D eigenvalue weighted by Gasteiger charge is -2.01. The van der Waals surface area contributed by atoms with E-state index in [2.05, 4.69) is 51.9 Å². The van der Waals surface area contributed by atoms with Crippen molar-refractivity contribution in [3.05, 3.63) is 48.8 Å². The Labute approximate surface area is 135 Å². The predicted octanol–water partition coefficient (Wildman–Crippen LogP) is 4.16. The zero-order chi connectivity index (χ0) is 15.5. The number of nitrogens with zero attached hydrogens (tertiary/aromatic N) is 3. The number of unbranched alkanes of at least 4 members (excludes halogenated alkanes) is 5. The number of aromatic nitrogens is 3. The highest BCUT2D eigenvalue weighted by molar-refractivity contribution is 5.09. The molecule has 2 aromatic heterocycles. The van der Waals surface area contributed by atoms with E-state index in [4.69, 9.17) is 0 Å². The standard InChI is InChI=1S/C19H30N3/c1-2-3-14-21-16-17-22(18-21)15-8-6-4-5-7-9-19-10-12-20-13-11-19/h10-13,16-18H,2-9,14-15H2,1H3/q+1. The molecule has 22 heavy (non-hydrogen) atoms. The third-order valence-corrected chi connectivity index (χ3v) is 4.15. The summed E-state index contributed by atoms with van der Waals surface area (Å²) in [5.41, 5.74) is 1.42. The third-order valence-electron chi connectivity index (χ3n) is 4.15. The first-order valence-electron chi connectivity index (χ1n) is 8.82. The largest absolute Gasteiger partial charge is 0.265 e. The molecule has 0 saturated carbocycles. The van der Waals surface area contributed by atoms with E-state index >= 15 is 0 Å². The second-order valence-electron chi connectivity index (χ2n) is 6.12. The SMILES string of the molecule is CCCCn1cc[n+](CCCCCCCc2ccncc2)c1. The molecule has 0 amide bonds.